The maximum absolute atomic E-state index is 12.3. The van der Waals surface area contributed by atoms with Crippen molar-refractivity contribution in [3.8, 4) is 0 Å². The molecule has 0 saturated heterocycles. The van der Waals surface area contributed by atoms with E-state index in [-0.39, 0.29) is 10.8 Å². The molecule has 0 bridgehead atoms. The molecular weight excluding hydrogens is 272 g/mol. The molecule has 0 aromatic heterocycles. The number of carbonyl (C=O) groups is 2. The molecule has 5 atom stereocenters. The summed E-state index contributed by atoms with van der Waals surface area (Å²) in [5, 5.41) is 0. The van der Waals surface area contributed by atoms with Gasteiger partial charge in [0.05, 0.1) is 5.41 Å². The minimum Gasteiger partial charge on any atom is -0.300 e. The van der Waals surface area contributed by atoms with Crippen molar-refractivity contribution in [1.82, 2.24) is 0 Å². The van der Waals surface area contributed by atoms with E-state index >= 15 is 0 Å². The van der Waals surface area contributed by atoms with Gasteiger partial charge in [0.2, 0.25) is 0 Å². The highest BCUT2D eigenvalue weighted by Gasteiger charge is 2.56. The summed E-state index contributed by atoms with van der Waals surface area (Å²) in [6.45, 7) is 6.85. The fourth-order valence-electron chi connectivity index (χ4n) is 6.08. The highest BCUT2D eigenvalue weighted by atomic mass is 16.1. The largest absolute Gasteiger partial charge is 0.300 e. The smallest absolute Gasteiger partial charge is 0.165 e. The molecule has 2 nitrogen and oxygen atoms in total. The number of hydrogen-bond acceptors (Lipinski definition) is 2. The van der Waals surface area contributed by atoms with Crippen LogP contribution in [0.3, 0.4) is 0 Å². The molecule has 0 amide bonds. The normalized spacial score (nSPS) is 47.3. The molecule has 2 fully saturated rings. The third-order valence-corrected chi connectivity index (χ3v) is 7.70. The van der Waals surface area contributed by atoms with Crippen LogP contribution in [-0.4, -0.2) is 11.6 Å². The number of allylic oxidation sites excluding steroid dienone is 4. The SMILES string of the molecule is CC1CC(=O)CC2CCC3=C4C=CC(=O)[C@@]4(C)CC[C@@H]3[C@@]12C. The van der Waals surface area contributed by atoms with E-state index in [1.54, 1.807) is 11.6 Å². The van der Waals surface area contributed by atoms with Crippen molar-refractivity contribution >= 4 is 11.6 Å². The number of fused-ring (bicyclic) bond motifs is 4. The molecule has 118 valence electrons. The predicted molar refractivity (Wildman–Crippen MR) is 86.2 cm³/mol. The summed E-state index contributed by atoms with van der Waals surface area (Å²) < 4.78 is 0. The third kappa shape index (κ3) is 1.62. The van der Waals surface area contributed by atoms with Crippen molar-refractivity contribution < 1.29 is 9.59 Å². The van der Waals surface area contributed by atoms with Gasteiger partial charge in [-0.05, 0) is 67.4 Å². The summed E-state index contributed by atoms with van der Waals surface area (Å²) >= 11 is 0. The summed E-state index contributed by atoms with van der Waals surface area (Å²) in [5.41, 5.74) is 2.88. The Labute approximate surface area is 133 Å². The van der Waals surface area contributed by atoms with Crippen LogP contribution in [0.1, 0.15) is 59.3 Å². The van der Waals surface area contributed by atoms with Gasteiger partial charge < -0.3 is 0 Å². The average Bonchev–Trinajstić information content (AvgIpc) is 2.77. The first-order chi connectivity index (χ1) is 10.4. The van der Waals surface area contributed by atoms with Crippen LogP contribution >= 0.6 is 0 Å². The molecule has 0 aliphatic heterocycles. The fourth-order valence-corrected chi connectivity index (χ4v) is 6.08. The van der Waals surface area contributed by atoms with Gasteiger partial charge in [-0.25, -0.2) is 0 Å². The van der Waals surface area contributed by atoms with E-state index < -0.39 is 0 Å². The monoisotopic (exact) mass is 298 g/mol. The number of rotatable bonds is 0. The lowest BCUT2D eigenvalue weighted by Gasteiger charge is -2.57. The predicted octanol–water partition coefficient (Wildman–Crippen LogP) is 4.25. The molecule has 0 aromatic rings. The Morgan fingerprint density at radius 3 is 2.64 bits per heavy atom. The molecule has 2 unspecified atom stereocenters. The molecule has 0 aromatic carbocycles. The second kappa shape index (κ2) is 4.43. The Kier molecular flexibility index (Phi) is 2.90. The zero-order valence-corrected chi connectivity index (χ0v) is 13.9. The third-order valence-electron chi connectivity index (χ3n) is 7.70. The molecule has 4 aliphatic carbocycles. The van der Waals surface area contributed by atoms with Crippen molar-refractivity contribution in [1.29, 1.82) is 0 Å². The number of ketones is 2. The fraction of sp³-hybridized carbons (Fsp3) is 0.700. The minimum atomic E-state index is -0.247. The topological polar surface area (TPSA) is 34.1 Å². The average molecular weight is 298 g/mol. The molecule has 4 rings (SSSR count). The van der Waals surface area contributed by atoms with Crippen LogP contribution in [0.5, 0.6) is 0 Å². The Morgan fingerprint density at radius 1 is 1.09 bits per heavy atom. The molecule has 0 spiro atoms. The van der Waals surface area contributed by atoms with Crippen LogP contribution in [0.15, 0.2) is 23.3 Å². The van der Waals surface area contributed by atoms with Gasteiger partial charge >= 0.3 is 0 Å². The molecule has 0 heterocycles. The van der Waals surface area contributed by atoms with Crippen LogP contribution in [-0.2, 0) is 9.59 Å². The van der Waals surface area contributed by atoms with Crippen LogP contribution in [0.2, 0.25) is 0 Å². The molecule has 2 heteroatoms. The molecule has 4 aliphatic rings. The summed E-state index contributed by atoms with van der Waals surface area (Å²) in [6, 6.07) is 0. The van der Waals surface area contributed by atoms with E-state index in [1.165, 1.54) is 5.57 Å². The summed E-state index contributed by atoms with van der Waals surface area (Å²) in [4.78, 5) is 24.3. The van der Waals surface area contributed by atoms with E-state index in [0.29, 0.717) is 29.3 Å². The van der Waals surface area contributed by atoms with Gasteiger partial charge in [0, 0.05) is 12.8 Å². The molecule has 2 saturated carbocycles. The number of hydrogen-bond donors (Lipinski definition) is 0. The summed E-state index contributed by atoms with van der Waals surface area (Å²) in [6.07, 6.45) is 9.75. The molecular formula is C20H26O2. The van der Waals surface area contributed by atoms with Crippen LogP contribution in [0.25, 0.3) is 0 Å². The first kappa shape index (κ1) is 14.4. The first-order valence-corrected chi connectivity index (χ1v) is 8.85. The van der Waals surface area contributed by atoms with Crippen molar-refractivity contribution in [2.24, 2.45) is 28.6 Å². The van der Waals surface area contributed by atoms with Gasteiger partial charge in [0.25, 0.3) is 0 Å². The van der Waals surface area contributed by atoms with Gasteiger partial charge in [-0.3, -0.25) is 9.59 Å². The summed E-state index contributed by atoms with van der Waals surface area (Å²) in [7, 11) is 0. The lowest BCUT2D eigenvalue weighted by Crippen LogP contribution is -2.51. The van der Waals surface area contributed by atoms with E-state index in [9.17, 15) is 9.59 Å². The van der Waals surface area contributed by atoms with Crippen LogP contribution in [0.4, 0.5) is 0 Å². The van der Waals surface area contributed by atoms with Gasteiger partial charge in [-0.2, -0.15) is 0 Å². The van der Waals surface area contributed by atoms with E-state index in [1.807, 2.05) is 0 Å². The number of carbonyl (C=O) groups excluding carboxylic acids is 2. The summed E-state index contributed by atoms with van der Waals surface area (Å²) in [5.74, 6) is 2.34. The zero-order valence-electron chi connectivity index (χ0n) is 13.9. The van der Waals surface area contributed by atoms with Crippen molar-refractivity contribution in [2.45, 2.75) is 59.3 Å². The maximum atomic E-state index is 12.3. The van der Waals surface area contributed by atoms with E-state index in [0.717, 1.165) is 38.5 Å². The highest BCUT2D eigenvalue weighted by molar-refractivity contribution is 6.01. The van der Waals surface area contributed by atoms with Crippen LogP contribution < -0.4 is 0 Å². The molecule has 0 radical (unpaired) electrons. The Morgan fingerprint density at radius 2 is 1.86 bits per heavy atom. The van der Waals surface area contributed by atoms with Crippen molar-refractivity contribution in [3.63, 3.8) is 0 Å². The van der Waals surface area contributed by atoms with Gasteiger partial charge in [0.1, 0.15) is 5.78 Å². The first-order valence-electron chi connectivity index (χ1n) is 8.85. The lowest BCUT2D eigenvalue weighted by atomic mass is 9.47. The van der Waals surface area contributed by atoms with Gasteiger partial charge in [-0.15, -0.1) is 0 Å². The van der Waals surface area contributed by atoms with E-state index in [4.69, 9.17) is 0 Å². The Hall–Kier alpha value is -1.18. The standard InChI is InChI=1S/C20H26O2/c1-12-10-14(21)11-13-4-5-15-16-6-7-18(22)19(16,2)9-8-17(15)20(12,13)3/h6-7,12-13,17H,4-5,8-11H2,1-3H3/t12?,13?,17-,19-,20-/m0/s1. The van der Waals surface area contributed by atoms with Gasteiger partial charge in [-0.1, -0.05) is 25.5 Å². The maximum Gasteiger partial charge on any atom is 0.165 e. The second-order valence-corrected chi connectivity index (χ2v) is 8.51. The second-order valence-electron chi connectivity index (χ2n) is 8.51. The Balaban J connectivity index is 1.81. The number of Topliss-reactive ketones (excluding diaryl/α,β-unsaturated/α-hetero) is 1. The van der Waals surface area contributed by atoms with Crippen molar-refractivity contribution in [2.75, 3.05) is 0 Å². The highest BCUT2D eigenvalue weighted by Crippen LogP contribution is 2.63. The lowest BCUT2D eigenvalue weighted by molar-refractivity contribution is -0.132. The Bertz CT molecular complexity index is 626. The van der Waals surface area contributed by atoms with Crippen molar-refractivity contribution in [3.05, 3.63) is 23.3 Å². The zero-order chi connectivity index (χ0) is 15.7. The van der Waals surface area contributed by atoms with Gasteiger partial charge in [0.15, 0.2) is 5.78 Å². The quantitative estimate of drug-likeness (QED) is 0.670. The molecule has 0 N–H and O–H groups in total. The molecule has 22 heavy (non-hydrogen) atoms. The van der Waals surface area contributed by atoms with E-state index in [2.05, 4.69) is 26.8 Å². The minimum absolute atomic E-state index is 0.245. The van der Waals surface area contributed by atoms with Crippen LogP contribution in [0, 0.1) is 28.6 Å².